The summed E-state index contributed by atoms with van der Waals surface area (Å²) in [7, 11) is 0. The number of hydrogen-bond acceptors (Lipinski definition) is 5. The third kappa shape index (κ3) is 6.31. The second kappa shape index (κ2) is 11.0. The molecular weight excluding hydrogens is 392 g/mol. The average molecular weight is 425 g/mol. The molecule has 31 heavy (non-hydrogen) atoms. The smallest absolute Gasteiger partial charge is 0.234 e. The molecule has 0 fully saturated rings. The summed E-state index contributed by atoms with van der Waals surface area (Å²) < 4.78 is 11.5. The van der Waals surface area contributed by atoms with Crippen molar-refractivity contribution in [2.75, 3.05) is 26.3 Å². The zero-order chi connectivity index (χ0) is 22.2. The molecule has 0 aromatic heterocycles. The van der Waals surface area contributed by atoms with Crippen LogP contribution in [0.1, 0.15) is 37.5 Å². The second-order valence-corrected chi connectivity index (χ2v) is 7.81. The highest BCUT2D eigenvalue weighted by atomic mass is 16.5. The SMILES string of the molecule is CCOc1cc2c(cc1OCC)CN(CC(=O)N[C@H](Cc1ccccc1)C(C)=O)CC2. The number of nitrogens with one attached hydrogen (secondary N) is 1. The van der Waals surface area contributed by atoms with Gasteiger partial charge in [0.2, 0.25) is 5.91 Å². The number of Topliss-reactive ketones (excluding diaryl/α,β-unsaturated/α-hetero) is 1. The van der Waals surface area contributed by atoms with E-state index in [0.29, 0.717) is 26.2 Å². The van der Waals surface area contributed by atoms with Crippen LogP contribution in [-0.2, 0) is 29.0 Å². The predicted octanol–water partition coefficient (Wildman–Crippen LogP) is 3.16. The van der Waals surface area contributed by atoms with Crippen molar-refractivity contribution in [2.24, 2.45) is 0 Å². The summed E-state index contributed by atoms with van der Waals surface area (Å²) in [6, 6.07) is 13.3. The summed E-state index contributed by atoms with van der Waals surface area (Å²) in [6.07, 6.45) is 1.35. The molecule has 0 bridgehead atoms. The van der Waals surface area contributed by atoms with Gasteiger partial charge in [-0.05, 0) is 62.4 Å². The number of hydrogen-bond donors (Lipinski definition) is 1. The molecule has 2 aromatic carbocycles. The van der Waals surface area contributed by atoms with Gasteiger partial charge in [-0.3, -0.25) is 14.5 Å². The largest absolute Gasteiger partial charge is 0.490 e. The first-order valence-electron chi connectivity index (χ1n) is 11.0. The first-order valence-corrected chi connectivity index (χ1v) is 11.0. The molecule has 0 saturated heterocycles. The lowest BCUT2D eigenvalue weighted by atomic mass is 9.98. The zero-order valence-electron chi connectivity index (χ0n) is 18.6. The molecule has 0 unspecified atom stereocenters. The summed E-state index contributed by atoms with van der Waals surface area (Å²) in [5, 5.41) is 2.92. The van der Waals surface area contributed by atoms with Gasteiger partial charge in [0.05, 0.1) is 25.8 Å². The van der Waals surface area contributed by atoms with E-state index < -0.39 is 6.04 Å². The summed E-state index contributed by atoms with van der Waals surface area (Å²) >= 11 is 0. The number of amides is 1. The van der Waals surface area contributed by atoms with Crippen LogP contribution in [0.5, 0.6) is 11.5 Å². The Bertz CT molecular complexity index is 898. The first kappa shape index (κ1) is 22.8. The molecule has 6 heteroatoms. The van der Waals surface area contributed by atoms with Crippen molar-refractivity contribution in [3.63, 3.8) is 0 Å². The normalized spacial score (nSPS) is 14.4. The molecule has 0 saturated carbocycles. The minimum atomic E-state index is -0.509. The minimum Gasteiger partial charge on any atom is -0.490 e. The van der Waals surface area contributed by atoms with Crippen LogP contribution in [0.4, 0.5) is 0 Å². The summed E-state index contributed by atoms with van der Waals surface area (Å²) in [6.45, 7) is 8.30. The van der Waals surface area contributed by atoms with E-state index in [1.165, 1.54) is 12.5 Å². The topological polar surface area (TPSA) is 67.9 Å². The Kier molecular flexibility index (Phi) is 8.06. The molecule has 1 aliphatic rings. The number of ether oxygens (including phenoxy) is 2. The van der Waals surface area contributed by atoms with Gasteiger partial charge < -0.3 is 14.8 Å². The Hall–Kier alpha value is -2.86. The number of fused-ring (bicyclic) bond motifs is 1. The number of benzene rings is 2. The minimum absolute atomic E-state index is 0.0361. The van der Waals surface area contributed by atoms with Gasteiger partial charge >= 0.3 is 0 Å². The van der Waals surface area contributed by atoms with Crippen LogP contribution >= 0.6 is 0 Å². The number of rotatable bonds is 10. The molecule has 0 radical (unpaired) electrons. The fraction of sp³-hybridized carbons (Fsp3) is 0.440. The van der Waals surface area contributed by atoms with Crippen LogP contribution < -0.4 is 14.8 Å². The molecule has 166 valence electrons. The van der Waals surface area contributed by atoms with Crippen molar-refractivity contribution < 1.29 is 19.1 Å². The van der Waals surface area contributed by atoms with Gasteiger partial charge in [0.15, 0.2) is 17.3 Å². The highest BCUT2D eigenvalue weighted by molar-refractivity contribution is 5.88. The Morgan fingerprint density at radius 1 is 1.03 bits per heavy atom. The molecule has 1 N–H and O–H groups in total. The molecule has 1 heterocycles. The lowest BCUT2D eigenvalue weighted by Crippen LogP contribution is -2.46. The van der Waals surface area contributed by atoms with E-state index in [4.69, 9.17) is 9.47 Å². The van der Waals surface area contributed by atoms with Gasteiger partial charge in [0.1, 0.15) is 0 Å². The number of carbonyl (C=O) groups is 2. The monoisotopic (exact) mass is 424 g/mol. The van der Waals surface area contributed by atoms with Gasteiger partial charge in [-0.15, -0.1) is 0 Å². The zero-order valence-corrected chi connectivity index (χ0v) is 18.6. The number of ketones is 1. The van der Waals surface area contributed by atoms with Gasteiger partial charge in [-0.25, -0.2) is 0 Å². The maximum absolute atomic E-state index is 12.7. The Balaban J connectivity index is 1.62. The summed E-state index contributed by atoms with van der Waals surface area (Å²) in [5.74, 6) is 1.36. The van der Waals surface area contributed by atoms with Crippen molar-refractivity contribution in [1.82, 2.24) is 10.2 Å². The van der Waals surface area contributed by atoms with Gasteiger partial charge in [0, 0.05) is 13.1 Å². The molecule has 0 aliphatic carbocycles. The lowest BCUT2D eigenvalue weighted by Gasteiger charge is -2.29. The molecule has 6 nitrogen and oxygen atoms in total. The van der Waals surface area contributed by atoms with Crippen LogP contribution in [0.15, 0.2) is 42.5 Å². The maximum atomic E-state index is 12.7. The van der Waals surface area contributed by atoms with Crippen molar-refractivity contribution in [3.05, 3.63) is 59.2 Å². The van der Waals surface area contributed by atoms with Crippen molar-refractivity contribution >= 4 is 11.7 Å². The average Bonchev–Trinajstić information content (AvgIpc) is 2.75. The van der Waals surface area contributed by atoms with Crippen LogP contribution in [0.3, 0.4) is 0 Å². The molecule has 1 atom stereocenters. The van der Waals surface area contributed by atoms with Gasteiger partial charge in [-0.1, -0.05) is 30.3 Å². The van der Waals surface area contributed by atoms with Crippen molar-refractivity contribution in [1.29, 1.82) is 0 Å². The highest BCUT2D eigenvalue weighted by Gasteiger charge is 2.23. The second-order valence-electron chi connectivity index (χ2n) is 7.81. The molecule has 3 rings (SSSR count). The summed E-state index contributed by atoms with van der Waals surface area (Å²) in [5.41, 5.74) is 3.41. The fourth-order valence-electron chi connectivity index (χ4n) is 3.88. The lowest BCUT2D eigenvalue weighted by molar-refractivity contribution is -0.127. The third-order valence-electron chi connectivity index (χ3n) is 5.43. The highest BCUT2D eigenvalue weighted by Crippen LogP contribution is 2.33. The quantitative estimate of drug-likeness (QED) is 0.635. The standard InChI is InChI=1S/C25H32N2O4/c1-4-30-23-14-20-11-12-27(16-21(20)15-24(23)31-5-2)17-25(29)26-22(18(3)28)13-19-9-7-6-8-10-19/h6-10,14-15,22H,4-5,11-13,16-17H2,1-3H3,(H,26,29)/t22-/m1/s1. The van der Waals surface area contributed by atoms with Gasteiger partial charge in [-0.2, -0.15) is 0 Å². The molecular formula is C25H32N2O4. The van der Waals surface area contributed by atoms with Crippen LogP contribution in [0, 0.1) is 0 Å². The Morgan fingerprint density at radius 2 is 1.68 bits per heavy atom. The fourth-order valence-corrected chi connectivity index (χ4v) is 3.88. The summed E-state index contributed by atoms with van der Waals surface area (Å²) in [4.78, 5) is 26.9. The Morgan fingerprint density at radius 3 is 2.29 bits per heavy atom. The number of nitrogens with zero attached hydrogens (tertiary/aromatic N) is 1. The van der Waals surface area contributed by atoms with Gasteiger partial charge in [0.25, 0.3) is 0 Å². The molecule has 2 aromatic rings. The van der Waals surface area contributed by atoms with E-state index in [1.54, 1.807) is 0 Å². The van der Waals surface area contributed by atoms with E-state index in [0.717, 1.165) is 35.6 Å². The van der Waals surface area contributed by atoms with Crippen molar-refractivity contribution in [2.45, 2.75) is 46.2 Å². The molecule has 1 aliphatic heterocycles. The molecule has 0 spiro atoms. The van der Waals surface area contributed by atoms with Crippen LogP contribution in [0.2, 0.25) is 0 Å². The van der Waals surface area contributed by atoms with E-state index in [1.807, 2.05) is 50.2 Å². The maximum Gasteiger partial charge on any atom is 0.234 e. The van der Waals surface area contributed by atoms with E-state index in [-0.39, 0.29) is 18.2 Å². The van der Waals surface area contributed by atoms with Crippen LogP contribution in [-0.4, -0.2) is 48.9 Å². The predicted molar refractivity (Wildman–Crippen MR) is 121 cm³/mol. The van der Waals surface area contributed by atoms with Crippen molar-refractivity contribution in [3.8, 4) is 11.5 Å². The Labute approximate surface area is 184 Å². The number of carbonyl (C=O) groups excluding carboxylic acids is 2. The van der Waals surface area contributed by atoms with Crippen LogP contribution in [0.25, 0.3) is 0 Å². The van der Waals surface area contributed by atoms with E-state index in [2.05, 4.69) is 16.3 Å². The first-order chi connectivity index (χ1) is 15.0. The molecule has 1 amide bonds. The van der Waals surface area contributed by atoms with E-state index >= 15 is 0 Å². The van der Waals surface area contributed by atoms with E-state index in [9.17, 15) is 9.59 Å². The third-order valence-corrected chi connectivity index (χ3v) is 5.43.